The Morgan fingerprint density at radius 2 is 1.65 bits per heavy atom. The van der Waals surface area contributed by atoms with E-state index in [1.165, 1.54) is 24.9 Å². The Kier molecular flexibility index (Phi) is 18.1. The van der Waals surface area contributed by atoms with Gasteiger partial charge >= 0.3 is 13.3 Å². The largest absolute Gasteiger partial charge is 0.399 e. The fourth-order valence-corrected chi connectivity index (χ4v) is 6.53. The quantitative estimate of drug-likeness (QED) is 0.262. The Morgan fingerprint density at radius 1 is 1.04 bits per heavy atom. The minimum atomic E-state index is -5.60. The second-order valence-corrected chi connectivity index (χ2v) is 14.0. The first-order valence-corrected chi connectivity index (χ1v) is 18.3. The van der Waals surface area contributed by atoms with Crippen LogP contribution in [0.5, 0.6) is 0 Å². The summed E-state index contributed by atoms with van der Waals surface area (Å²) in [6.45, 7) is 9.91. The molecule has 3 aromatic rings. The van der Waals surface area contributed by atoms with Gasteiger partial charge in [0, 0.05) is 81.1 Å². The molecule has 3 amide bonds. The topological polar surface area (TPSA) is 148 Å². The second-order valence-electron chi connectivity index (χ2n) is 10.8. The summed E-state index contributed by atoms with van der Waals surface area (Å²) < 4.78 is 38.6. The molecule has 0 spiro atoms. The van der Waals surface area contributed by atoms with E-state index in [-0.39, 0.29) is 17.7 Å². The Bertz CT molecular complexity index is 1570. The number of alkyl halides is 2. The Morgan fingerprint density at radius 3 is 2.18 bits per heavy atom. The van der Waals surface area contributed by atoms with Crippen LogP contribution in [0.2, 0.25) is 5.02 Å². The van der Waals surface area contributed by atoms with Crippen LogP contribution in [-0.2, 0) is 24.6 Å². The molecule has 1 atom stereocenters. The van der Waals surface area contributed by atoms with Crippen molar-refractivity contribution in [1.29, 1.82) is 0 Å². The SMILES string of the molecule is C=O.CC.CC(=O)N1CCC(=O)N2CCCC2CC1.CN(C)c1ccc(Cl)cc1.CNC(=O)c1cc2cc(C(F)(F)P(=O)(O)O)ccc2s1. The molecular formula is C33H46ClF2N4O7PS. The van der Waals surface area contributed by atoms with E-state index in [4.69, 9.17) is 26.2 Å². The molecule has 2 saturated heterocycles. The predicted molar refractivity (Wildman–Crippen MR) is 192 cm³/mol. The third-order valence-corrected chi connectivity index (χ3v) is 9.85. The minimum absolute atomic E-state index is 0.0919. The molecule has 11 nitrogen and oxygen atoms in total. The van der Waals surface area contributed by atoms with Crippen LogP contribution < -0.4 is 10.2 Å². The van der Waals surface area contributed by atoms with Crippen molar-refractivity contribution < 1.29 is 42.3 Å². The molecule has 1 aromatic heterocycles. The Balaban J connectivity index is 0.000000366. The van der Waals surface area contributed by atoms with Gasteiger partial charge in [-0.2, -0.15) is 8.78 Å². The number of halogens is 3. The third-order valence-electron chi connectivity index (χ3n) is 7.49. The predicted octanol–water partition coefficient (Wildman–Crippen LogP) is 6.35. The Labute approximate surface area is 295 Å². The number of hydrogen-bond acceptors (Lipinski definition) is 7. The van der Waals surface area contributed by atoms with Gasteiger partial charge in [0.2, 0.25) is 11.8 Å². The summed E-state index contributed by atoms with van der Waals surface area (Å²) >= 11 is 6.80. The van der Waals surface area contributed by atoms with E-state index >= 15 is 0 Å². The smallest absolute Gasteiger partial charge is 0.378 e. The van der Waals surface area contributed by atoms with Crippen LogP contribution in [0, 0.1) is 0 Å². The van der Waals surface area contributed by atoms with Crippen molar-refractivity contribution in [1.82, 2.24) is 15.1 Å². The molecule has 16 heteroatoms. The number of fused-ring (bicyclic) bond motifs is 2. The highest BCUT2D eigenvalue weighted by atomic mass is 35.5. The molecule has 0 saturated carbocycles. The molecule has 1 unspecified atom stereocenters. The molecule has 3 N–H and O–H groups in total. The lowest BCUT2D eigenvalue weighted by Gasteiger charge is -2.31. The van der Waals surface area contributed by atoms with Crippen LogP contribution in [0.25, 0.3) is 10.1 Å². The first-order valence-electron chi connectivity index (χ1n) is 15.5. The van der Waals surface area contributed by atoms with Crippen LogP contribution in [0.4, 0.5) is 14.5 Å². The number of thiophene rings is 1. The van der Waals surface area contributed by atoms with Crippen molar-refractivity contribution in [3.63, 3.8) is 0 Å². The van der Waals surface area contributed by atoms with Crippen molar-refractivity contribution in [2.24, 2.45) is 0 Å². The molecule has 2 fully saturated rings. The fraction of sp³-hybridized carbons (Fsp3) is 0.455. The molecule has 2 aliphatic rings. The summed E-state index contributed by atoms with van der Waals surface area (Å²) in [5.74, 6) is -0.0350. The van der Waals surface area contributed by atoms with Gasteiger partial charge in [-0.3, -0.25) is 18.9 Å². The zero-order chi connectivity index (χ0) is 37.5. The summed E-state index contributed by atoms with van der Waals surface area (Å²) in [5, 5.41) is 3.53. The van der Waals surface area contributed by atoms with Crippen molar-refractivity contribution in [3.05, 3.63) is 64.0 Å². The van der Waals surface area contributed by atoms with Gasteiger partial charge in [0.25, 0.3) is 5.91 Å². The molecule has 0 radical (unpaired) electrons. The van der Waals surface area contributed by atoms with Gasteiger partial charge in [-0.15, -0.1) is 11.3 Å². The number of nitrogens with zero attached hydrogens (tertiary/aromatic N) is 3. The highest BCUT2D eigenvalue weighted by Crippen LogP contribution is 2.59. The van der Waals surface area contributed by atoms with Crippen LogP contribution in [0.3, 0.4) is 0 Å². The van der Waals surface area contributed by atoms with Crippen LogP contribution in [-0.4, -0.2) is 90.9 Å². The first-order chi connectivity index (χ1) is 23.0. The van der Waals surface area contributed by atoms with E-state index < -0.39 is 18.8 Å². The lowest BCUT2D eigenvalue weighted by Crippen LogP contribution is -2.44. The molecular weight excluding hydrogens is 701 g/mol. The first kappa shape index (κ1) is 43.6. The van der Waals surface area contributed by atoms with Crippen molar-refractivity contribution in [2.75, 3.05) is 45.7 Å². The highest BCUT2D eigenvalue weighted by Gasteiger charge is 2.50. The van der Waals surface area contributed by atoms with Crippen LogP contribution in [0.1, 0.15) is 61.7 Å². The molecule has 272 valence electrons. The normalized spacial score (nSPS) is 15.7. The molecule has 2 aliphatic heterocycles. The molecule has 5 rings (SSSR count). The Hall–Kier alpha value is -3.42. The van der Waals surface area contributed by atoms with Crippen molar-refractivity contribution in [3.8, 4) is 0 Å². The van der Waals surface area contributed by atoms with E-state index in [0.717, 1.165) is 60.8 Å². The fourth-order valence-electron chi connectivity index (χ4n) is 4.94. The maximum atomic E-state index is 13.6. The number of amides is 3. The van der Waals surface area contributed by atoms with Gasteiger partial charge < -0.3 is 34.6 Å². The van der Waals surface area contributed by atoms with Crippen molar-refractivity contribution in [2.45, 2.75) is 58.2 Å². The summed E-state index contributed by atoms with van der Waals surface area (Å²) in [5.41, 5.74) is -3.86. The van der Waals surface area contributed by atoms with E-state index in [1.807, 2.05) is 68.8 Å². The number of hydrogen-bond donors (Lipinski definition) is 3. The van der Waals surface area contributed by atoms with Gasteiger partial charge in [-0.1, -0.05) is 31.5 Å². The minimum Gasteiger partial charge on any atom is -0.378 e. The van der Waals surface area contributed by atoms with Crippen LogP contribution >= 0.6 is 30.5 Å². The summed E-state index contributed by atoms with van der Waals surface area (Å²) in [4.78, 5) is 66.1. The summed E-state index contributed by atoms with van der Waals surface area (Å²) in [7, 11) is -0.145. The molecule has 0 bridgehead atoms. The highest BCUT2D eigenvalue weighted by molar-refractivity contribution is 7.52. The zero-order valence-corrected chi connectivity index (χ0v) is 31.1. The summed E-state index contributed by atoms with van der Waals surface area (Å²) in [6.07, 6.45) is 3.68. The average molecular weight is 747 g/mol. The zero-order valence-electron chi connectivity index (χ0n) is 28.6. The molecule has 2 aromatic carbocycles. The van der Waals surface area contributed by atoms with Crippen molar-refractivity contribution >= 4 is 70.8 Å². The standard InChI is InChI=1S/C11H10F2NO4PS.C11H18N2O2.C8H10ClN.C2H6.CH2O/c1-14-10(15)9-5-6-4-7(2-3-8(6)20-9)11(12,13)19(16,17)18;1-9(14)12-7-4-10-3-2-6-13(10)11(15)5-8-12;1-10(2)8-5-3-7(9)4-6-8;2*1-2/h2-5H,1H3,(H,14,15)(H2,16,17,18);10H,2-8H2,1H3;3-6H,1-2H3;1-2H3;1H2. The maximum Gasteiger partial charge on any atom is 0.399 e. The lowest BCUT2D eigenvalue weighted by molar-refractivity contribution is -0.136. The van der Waals surface area contributed by atoms with Crippen LogP contribution in [0.15, 0.2) is 48.5 Å². The molecule has 3 heterocycles. The number of carbonyl (C=O) groups is 4. The average Bonchev–Trinajstić information content (AvgIpc) is 3.72. The van der Waals surface area contributed by atoms with E-state index in [0.29, 0.717) is 34.0 Å². The summed E-state index contributed by atoms with van der Waals surface area (Å²) in [6, 6.07) is 12.8. The molecule has 49 heavy (non-hydrogen) atoms. The number of rotatable bonds is 4. The van der Waals surface area contributed by atoms with E-state index in [2.05, 4.69) is 5.32 Å². The lowest BCUT2D eigenvalue weighted by atomic mass is 10.1. The number of carbonyl (C=O) groups excluding carboxylic acids is 4. The van der Waals surface area contributed by atoms with Gasteiger partial charge in [0.15, 0.2) is 0 Å². The van der Waals surface area contributed by atoms with E-state index in [9.17, 15) is 27.7 Å². The number of anilines is 1. The number of nitrogens with one attached hydrogen (secondary N) is 1. The maximum absolute atomic E-state index is 13.6. The van der Waals surface area contributed by atoms with Gasteiger partial charge in [-0.25, -0.2) is 0 Å². The van der Waals surface area contributed by atoms with Gasteiger partial charge in [-0.05, 0) is 67.1 Å². The molecule has 0 aliphatic carbocycles. The monoisotopic (exact) mass is 746 g/mol. The van der Waals surface area contributed by atoms with Gasteiger partial charge in [0.05, 0.1) is 4.88 Å². The van der Waals surface area contributed by atoms with E-state index in [1.54, 1.807) is 11.8 Å². The second kappa shape index (κ2) is 20.3. The number of benzene rings is 2. The third kappa shape index (κ3) is 12.4. The van der Waals surface area contributed by atoms with Gasteiger partial charge in [0.1, 0.15) is 6.79 Å².